The Kier molecular flexibility index (Phi) is 3.14. The highest BCUT2D eigenvalue weighted by Gasteiger charge is 2.01. The van der Waals surface area contributed by atoms with E-state index < -0.39 is 5.43 Å². The van der Waals surface area contributed by atoms with Crippen LogP contribution in [0.3, 0.4) is 0 Å². The van der Waals surface area contributed by atoms with Crippen molar-refractivity contribution in [3.05, 3.63) is 42.5 Å². The molecule has 0 aliphatic carbocycles. The van der Waals surface area contributed by atoms with Crippen LogP contribution in [0.5, 0.6) is 0 Å². The Morgan fingerprint density at radius 1 is 1.13 bits per heavy atom. The molecule has 4 heteroatoms. The molecule has 0 saturated carbocycles. The quantitative estimate of drug-likeness (QED) is 0.579. The van der Waals surface area contributed by atoms with Gasteiger partial charge in [-0.05, 0) is 22.9 Å². The van der Waals surface area contributed by atoms with Gasteiger partial charge in [0.2, 0.25) is 0 Å². The fourth-order valence-corrected chi connectivity index (χ4v) is 1.86. The Hall–Kier alpha value is -1.19. The lowest BCUT2D eigenvalue weighted by molar-refractivity contribution is 0.233. The highest BCUT2D eigenvalue weighted by atomic mass is 35.5. The summed E-state index contributed by atoms with van der Waals surface area (Å²) < 4.78 is 4.62. The van der Waals surface area contributed by atoms with Gasteiger partial charge in [-0.1, -0.05) is 30.3 Å². The van der Waals surface area contributed by atoms with Crippen molar-refractivity contribution in [2.45, 2.75) is 4.90 Å². The highest BCUT2D eigenvalue weighted by Crippen LogP contribution is 2.24. The molecule has 0 spiro atoms. The van der Waals surface area contributed by atoms with Gasteiger partial charge in [-0.2, -0.15) is 0 Å². The van der Waals surface area contributed by atoms with E-state index >= 15 is 0 Å². The molecular weight excluding hydrogens is 232 g/mol. The van der Waals surface area contributed by atoms with E-state index in [0.717, 1.165) is 27.7 Å². The van der Waals surface area contributed by atoms with Gasteiger partial charge in [0.25, 0.3) is 0 Å². The molecule has 0 saturated heterocycles. The molecule has 0 radical (unpaired) electrons. The minimum absolute atomic E-state index is 0.812. The monoisotopic (exact) mass is 238 g/mol. The van der Waals surface area contributed by atoms with Gasteiger partial charge in [-0.3, -0.25) is 0 Å². The molecule has 0 atom stereocenters. The van der Waals surface area contributed by atoms with Gasteiger partial charge >= 0.3 is 5.43 Å². The van der Waals surface area contributed by atoms with E-state index in [0.29, 0.717) is 0 Å². The van der Waals surface area contributed by atoms with E-state index in [1.807, 2.05) is 42.5 Å². The molecule has 0 aromatic heterocycles. The number of halogens is 1. The summed E-state index contributed by atoms with van der Waals surface area (Å²) in [5.74, 6) is 0. The maximum atomic E-state index is 10.4. The van der Waals surface area contributed by atoms with Gasteiger partial charge in [0.1, 0.15) is 0 Å². The van der Waals surface area contributed by atoms with E-state index in [-0.39, 0.29) is 0 Å². The zero-order chi connectivity index (χ0) is 10.7. The predicted molar refractivity (Wildman–Crippen MR) is 62.1 cm³/mol. The largest absolute Gasteiger partial charge is 0.416 e. The summed E-state index contributed by atoms with van der Waals surface area (Å²) in [4.78, 5) is 11.3. The third kappa shape index (κ3) is 2.64. The number of carbonyl (C=O) groups is 1. The average molecular weight is 239 g/mol. The average Bonchev–Trinajstić information content (AvgIpc) is 2.26. The molecule has 0 N–H and O–H groups in total. The first-order valence-corrected chi connectivity index (χ1v) is 5.40. The first-order valence-electron chi connectivity index (χ1n) is 4.28. The van der Waals surface area contributed by atoms with Crippen LogP contribution in [-0.2, 0) is 4.18 Å². The Labute approximate surface area is 96.4 Å². The van der Waals surface area contributed by atoms with Crippen LogP contribution < -0.4 is 0 Å². The predicted octanol–water partition coefficient (Wildman–Crippen LogP) is 4.22. The molecule has 2 aromatic rings. The Bertz CT molecular complexity index is 499. The van der Waals surface area contributed by atoms with Gasteiger partial charge in [0.15, 0.2) is 0 Å². The number of hydrogen-bond acceptors (Lipinski definition) is 3. The number of rotatable bonds is 2. The van der Waals surface area contributed by atoms with E-state index in [2.05, 4.69) is 4.18 Å². The van der Waals surface area contributed by atoms with Crippen molar-refractivity contribution in [2.75, 3.05) is 0 Å². The van der Waals surface area contributed by atoms with Crippen molar-refractivity contribution in [1.29, 1.82) is 0 Å². The third-order valence-electron chi connectivity index (χ3n) is 1.92. The van der Waals surface area contributed by atoms with Crippen molar-refractivity contribution >= 4 is 39.8 Å². The first kappa shape index (κ1) is 10.3. The topological polar surface area (TPSA) is 26.3 Å². The van der Waals surface area contributed by atoms with Crippen LogP contribution in [0.1, 0.15) is 0 Å². The molecule has 15 heavy (non-hydrogen) atoms. The van der Waals surface area contributed by atoms with Crippen molar-refractivity contribution in [3.8, 4) is 0 Å². The molecule has 2 rings (SSSR count). The summed E-state index contributed by atoms with van der Waals surface area (Å²) in [5.41, 5.74) is -0.812. The number of fused-ring (bicyclic) bond motifs is 1. The lowest BCUT2D eigenvalue weighted by atomic mass is 10.1. The van der Waals surface area contributed by atoms with Crippen molar-refractivity contribution < 1.29 is 8.98 Å². The summed E-state index contributed by atoms with van der Waals surface area (Å²) in [6.07, 6.45) is 0. The van der Waals surface area contributed by atoms with Crippen LogP contribution in [0.25, 0.3) is 10.8 Å². The standard InChI is InChI=1S/C11H7ClO2S/c12-11(13)14-15-10-6-5-8-3-1-2-4-9(8)7-10/h1-7H. The van der Waals surface area contributed by atoms with Gasteiger partial charge < -0.3 is 4.18 Å². The molecule has 0 fully saturated rings. The number of benzene rings is 2. The highest BCUT2D eigenvalue weighted by molar-refractivity contribution is 7.95. The van der Waals surface area contributed by atoms with Crippen molar-refractivity contribution in [3.63, 3.8) is 0 Å². The van der Waals surface area contributed by atoms with Crippen molar-refractivity contribution in [1.82, 2.24) is 0 Å². The van der Waals surface area contributed by atoms with Crippen LogP contribution >= 0.6 is 23.6 Å². The maximum absolute atomic E-state index is 10.4. The summed E-state index contributed by atoms with van der Waals surface area (Å²) in [5, 5.41) is 2.26. The zero-order valence-corrected chi connectivity index (χ0v) is 9.22. The molecule has 0 aliphatic heterocycles. The lowest BCUT2D eigenvalue weighted by Gasteiger charge is -2.01. The van der Waals surface area contributed by atoms with Crippen LogP contribution in [0, 0.1) is 0 Å². The SMILES string of the molecule is O=C(Cl)OSc1ccc2ccccc2c1. The fraction of sp³-hybridized carbons (Fsp3) is 0. The lowest BCUT2D eigenvalue weighted by Crippen LogP contribution is -1.82. The molecule has 0 bridgehead atoms. The normalized spacial score (nSPS) is 10.2. The van der Waals surface area contributed by atoms with Gasteiger partial charge in [-0.15, -0.1) is 0 Å². The summed E-state index contributed by atoms with van der Waals surface area (Å²) in [6, 6.07) is 13.8. The number of carbonyl (C=O) groups excluding carboxylic acids is 1. The maximum Gasteiger partial charge on any atom is 0.416 e. The second-order valence-corrected chi connectivity index (χ2v) is 4.03. The number of hydrogen-bond donors (Lipinski definition) is 0. The molecule has 0 heterocycles. The molecule has 0 amide bonds. The third-order valence-corrected chi connectivity index (χ3v) is 2.77. The molecule has 2 aromatic carbocycles. The van der Waals surface area contributed by atoms with Crippen molar-refractivity contribution in [2.24, 2.45) is 0 Å². The van der Waals surface area contributed by atoms with Gasteiger partial charge in [0.05, 0.1) is 12.0 Å². The summed E-state index contributed by atoms with van der Waals surface area (Å²) >= 11 is 6.03. The van der Waals surface area contributed by atoms with Gasteiger partial charge in [-0.25, -0.2) is 4.79 Å². The molecule has 2 nitrogen and oxygen atoms in total. The smallest absolute Gasteiger partial charge is 0.374 e. The summed E-state index contributed by atoms with van der Waals surface area (Å²) in [6.45, 7) is 0. The summed E-state index contributed by atoms with van der Waals surface area (Å²) in [7, 11) is 0. The zero-order valence-electron chi connectivity index (χ0n) is 7.64. The van der Waals surface area contributed by atoms with E-state index in [4.69, 9.17) is 11.6 Å². The molecule has 0 aliphatic rings. The Morgan fingerprint density at radius 3 is 2.60 bits per heavy atom. The Morgan fingerprint density at radius 2 is 1.87 bits per heavy atom. The van der Waals surface area contributed by atoms with Crippen LogP contribution in [0.4, 0.5) is 4.79 Å². The van der Waals surface area contributed by atoms with E-state index in [1.54, 1.807) is 0 Å². The van der Waals surface area contributed by atoms with Crippen LogP contribution in [0.15, 0.2) is 47.4 Å². The first-order chi connectivity index (χ1) is 7.25. The minimum atomic E-state index is -0.812. The van der Waals surface area contributed by atoms with E-state index in [9.17, 15) is 4.79 Å². The second-order valence-electron chi connectivity index (χ2n) is 2.91. The van der Waals surface area contributed by atoms with Crippen LogP contribution in [0.2, 0.25) is 0 Å². The molecular formula is C11H7ClO2S. The van der Waals surface area contributed by atoms with Gasteiger partial charge in [0, 0.05) is 16.5 Å². The Balaban J connectivity index is 2.26. The van der Waals surface area contributed by atoms with Crippen LogP contribution in [-0.4, -0.2) is 5.43 Å². The molecule has 0 unspecified atom stereocenters. The fourth-order valence-electron chi connectivity index (χ4n) is 1.30. The molecule has 76 valence electrons. The minimum Gasteiger partial charge on any atom is -0.374 e. The second kappa shape index (κ2) is 4.55. The van der Waals surface area contributed by atoms with E-state index in [1.165, 1.54) is 0 Å².